The molecule has 2 atom stereocenters. The molecule has 0 aliphatic carbocycles. The number of hydrogen-bond acceptors (Lipinski definition) is 4. The van der Waals surface area contributed by atoms with Crippen molar-refractivity contribution in [3.05, 3.63) is 21.9 Å². The van der Waals surface area contributed by atoms with Crippen LogP contribution in [0.1, 0.15) is 30.3 Å². The zero-order valence-electron chi connectivity index (χ0n) is 11.8. The molecule has 4 heteroatoms. The fraction of sp³-hybridized carbons (Fsp3) is 0.714. The van der Waals surface area contributed by atoms with Gasteiger partial charge in [0.25, 0.3) is 0 Å². The van der Waals surface area contributed by atoms with Crippen LogP contribution in [0.4, 0.5) is 0 Å². The monoisotopic (exact) mass is 268 g/mol. The van der Waals surface area contributed by atoms with Gasteiger partial charge in [-0.1, -0.05) is 0 Å². The van der Waals surface area contributed by atoms with E-state index in [1.54, 1.807) is 0 Å². The van der Waals surface area contributed by atoms with E-state index in [1.165, 1.54) is 10.4 Å². The Bertz CT molecular complexity index is 378. The first-order chi connectivity index (χ1) is 8.63. The van der Waals surface area contributed by atoms with Gasteiger partial charge in [-0.25, -0.2) is 0 Å². The summed E-state index contributed by atoms with van der Waals surface area (Å²) in [5.74, 6) is 0. The topological polar surface area (TPSA) is 24.5 Å². The molecule has 2 rings (SSSR count). The summed E-state index contributed by atoms with van der Waals surface area (Å²) in [6.45, 7) is 9.60. The molecule has 0 radical (unpaired) electrons. The smallest absolute Gasteiger partial charge is 0.0905 e. The Morgan fingerprint density at radius 2 is 2.28 bits per heavy atom. The predicted molar refractivity (Wildman–Crippen MR) is 77.3 cm³/mol. The fourth-order valence-corrected chi connectivity index (χ4v) is 3.64. The van der Waals surface area contributed by atoms with Crippen molar-refractivity contribution in [3.8, 4) is 0 Å². The lowest BCUT2D eigenvalue weighted by Gasteiger charge is -2.38. The second kappa shape index (κ2) is 6.15. The second-order valence-corrected chi connectivity index (χ2v) is 6.18. The summed E-state index contributed by atoms with van der Waals surface area (Å²) < 4.78 is 5.99. The average molecular weight is 268 g/mol. The van der Waals surface area contributed by atoms with Gasteiger partial charge in [-0.2, -0.15) is 0 Å². The molecule has 1 aliphatic rings. The molecule has 0 saturated carbocycles. The second-order valence-electron chi connectivity index (χ2n) is 5.23. The van der Waals surface area contributed by atoms with E-state index in [1.807, 2.05) is 18.4 Å². The molecule has 1 fully saturated rings. The minimum atomic E-state index is 0.253. The molecule has 1 saturated heterocycles. The summed E-state index contributed by atoms with van der Waals surface area (Å²) in [6, 6.07) is 3.10. The van der Waals surface area contributed by atoms with Crippen molar-refractivity contribution < 1.29 is 4.74 Å². The van der Waals surface area contributed by atoms with E-state index >= 15 is 0 Å². The first kappa shape index (κ1) is 14.0. The number of nitrogens with zero attached hydrogens (tertiary/aromatic N) is 1. The van der Waals surface area contributed by atoms with Gasteiger partial charge < -0.3 is 10.1 Å². The van der Waals surface area contributed by atoms with E-state index < -0.39 is 0 Å². The zero-order chi connectivity index (χ0) is 13.1. The Kier molecular flexibility index (Phi) is 4.78. The molecule has 18 heavy (non-hydrogen) atoms. The van der Waals surface area contributed by atoms with Crippen LogP contribution >= 0.6 is 11.3 Å². The predicted octanol–water partition coefficient (Wildman–Crippen LogP) is 2.43. The van der Waals surface area contributed by atoms with Gasteiger partial charge in [0.2, 0.25) is 0 Å². The van der Waals surface area contributed by atoms with Gasteiger partial charge in [0.1, 0.15) is 0 Å². The number of likely N-dealkylation sites (N-methyl/N-ethyl adjacent to an activating group) is 1. The molecule has 0 spiro atoms. The summed E-state index contributed by atoms with van der Waals surface area (Å²) in [5.41, 5.74) is 1.37. The SMILES string of the molecule is CNC(c1sccc1C)C1CN(C(C)C)CCO1. The standard InChI is InChI=1S/C14H24N2OS/c1-10(2)16-6-7-17-12(9-16)13(15-4)14-11(3)5-8-18-14/h5,8,10,12-13,15H,6-7,9H2,1-4H3. The van der Waals surface area contributed by atoms with E-state index in [-0.39, 0.29) is 6.10 Å². The molecule has 1 aliphatic heterocycles. The van der Waals surface area contributed by atoms with Crippen LogP contribution in [0.25, 0.3) is 0 Å². The maximum atomic E-state index is 5.99. The van der Waals surface area contributed by atoms with Gasteiger partial charge in [-0.15, -0.1) is 11.3 Å². The molecule has 1 aromatic heterocycles. The van der Waals surface area contributed by atoms with E-state index in [9.17, 15) is 0 Å². The minimum absolute atomic E-state index is 0.253. The number of hydrogen-bond donors (Lipinski definition) is 1. The lowest BCUT2D eigenvalue weighted by atomic mass is 10.0. The third-order valence-corrected chi connectivity index (χ3v) is 4.82. The molecule has 2 heterocycles. The number of rotatable bonds is 4. The first-order valence-electron chi connectivity index (χ1n) is 6.70. The molecule has 102 valence electrons. The molecule has 0 amide bonds. The maximum Gasteiger partial charge on any atom is 0.0905 e. The number of aryl methyl sites for hydroxylation is 1. The molecule has 0 bridgehead atoms. The summed E-state index contributed by atoms with van der Waals surface area (Å²) in [4.78, 5) is 3.91. The van der Waals surface area contributed by atoms with Gasteiger partial charge in [0.15, 0.2) is 0 Å². The molecule has 3 nitrogen and oxygen atoms in total. The maximum absolute atomic E-state index is 5.99. The van der Waals surface area contributed by atoms with Crippen molar-refractivity contribution in [2.45, 2.75) is 39.0 Å². The van der Waals surface area contributed by atoms with Crippen LogP contribution in [0, 0.1) is 6.92 Å². The highest BCUT2D eigenvalue weighted by molar-refractivity contribution is 7.10. The van der Waals surface area contributed by atoms with Crippen molar-refractivity contribution in [2.24, 2.45) is 0 Å². The lowest BCUT2D eigenvalue weighted by Crippen LogP contribution is -2.49. The lowest BCUT2D eigenvalue weighted by molar-refractivity contribution is -0.0545. The minimum Gasteiger partial charge on any atom is -0.374 e. The quantitative estimate of drug-likeness (QED) is 0.907. The Balaban J connectivity index is 2.11. The van der Waals surface area contributed by atoms with Crippen LogP contribution in [0.5, 0.6) is 0 Å². The highest BCUT2D eigenvalue weighted by Gasteiger charge is 2.30. The van der Waals surface area contributed by atoms with Crippen molar-refractivity contribution in [1.29, 1.82) is 0 Å². The molecule has 0 aromatic carbocycles. The summed E-state index contributed by atoms with van der Waals surface area (Å²) in [7, 11) is 2.03. The average Bonchev–Trinajstić information content (AvgIpc) is 2.77. The normalized spacial score (nSPS) is 23.5. The number of morpholine rings is 1. The van der Waals surface area contributed by atoms with E-state index in [4.69, 9.17) is 4.74 Å². The van der Waals surface area contributed by atoms with Crippen LogP contribution in [0.2, 0.25) is 0 Å². The van der Waals surface area contributed by atoms with Crippen molar-refractivity contribution in [3.63, 3.8) is 0 Å². The summed E-state index contributed by atoms with van der Waals surface area (Å²) in [5, 5.41) is 5.60. The van der Waals surface area contributed by atoms with Crippen molar-refractivity contribution in [2.75, 3.05) is 26.7 Å². The van der Waals surface area contributed by atoms with Crippen molar-refractivity contribution in [1.82, 2.24) is 10.2 Å². The highest BCUT2D eigenvalue weighted by atomic mass is 32.1. The van der Waals surface area contributed by atoms with E-state index in [2.05, 4.69) is 42.4 Å². The Hall–Kier alpha value is -0.420. The zero-order valence-corrected chi connectivity index (χ0v) is 12.6. The van der Waals surface area contributed by atoms with Crippen LogP contribution in [0.15, 0.2) is 11.4 Å². The summed E-state index contributed by atoms with van der Waals surface area (Å²) >= 11 is 1.82. The number of ether oxygens (including phenoxy) is 1. The Labute approximate surface area is 114 Å². The largest absolute Gasteiger partial charge is 0.374 e. The Morgan fingerprint density at radius 3 is 2.83 bits per heavy atom. The summed E-state index contributed by atoms with van der Waals surface area (Å²) in [6.07, 6.45) is 0.253. The number of thiophene rings is 1. The van der Waals surface area contributed by atoms with Gasteiger partial charge in [-0.3, -0.25) is 4.90 Å². The molecular weight excluding hydrogens is 244 g/mol. The molecule has 1 aromatic rings. The first-order valence-corrected chi connectivity index (χ1v) is 7.58. The molecule has 1 N–H and O–H groups in total. The molecule has 2 unspecified atom stereocenters. The van der Waals surface area contributed by atoms with Gasteiger partial charge >= 0.3 is 0 Å². The Morgan fingerprint density at radius 1 is 1.50 bits per heavy atom. The van der Waals surface area contributed by atoms with Gasteiger partial charge in [0, 0.05) is 24.0 Å². The van der Waals surface area contributed by atoms with Crippen LogP contribution < -0.4 is 5.32 Å². The fourth-order valence-electron chi connectivity index (χ4n) is 2.56. The van der Waals surface area contributed by atoms with Crippen LogP contribution in [-0.4, -0.2) is 43.8 Å². The third-order valence-electron chi connectivity index (χ3n) is 3.72. The van der Waals surface area contributed by atoms with Crippen LogP contribution in [-0.2, 0) is 4.74 Å². The number of nitrogens with one attached hydrogen (secondary N) is 1. The van der Waals surface area contributed by atoms with Crippen molar-refractivity contribution >= 4 is 11.3 Å². The third kappa shape index (κ3) is 2.94. The highest BCUT2D eigenvalue weighted by Crippen LogP contribution is 2.29. The molecular formula is C14H24N2OS. The van der Waals surface area contributed by atoms with Crippen LogP contribution in [0.3, 0.4) is 0 Å². The van der Waals surface area contributed by atoms with E-state index in [0.29, 0.717) is 12.1 Å². The van der Waals surface area contributed by atoms with Gasteiger partial charge in [-0.05, 0) is 44.8 Å². The van der Waals surface area contributed by atoms with E-state index in [0.717, 1.165) is 19.7 Å². The van der Waals surface area contributed by atoms with Gasteiger partial charge in [0.05, 0.1) is 18.8 Å².